The summed E-state index contributed by atoms with van der Waals surface area (Å²) in [6, 6.07) is -2.58. The monoisotopic (exact) mass is 395 g/mol. The standard InChI is InChI=1S/C10H17N7O8S/c11-6-13-5-4(3-25-8(18)15-26(22,23)24)17(21)7(12)16-2-1-9(19,20)10(5,16)14-6/h4-5,19-20H,1-3,12H2,(H,15,18)(H3,11,13,14)(H,22,23,24)/t4-,5-,10?/m0/s1. The molecular formula is C10H17N7O8S. The van der Waals surface area contributed by atoms with Crippen molar-refractivity contribution in [2.45, 2.75) is 30.0 Å². The van der Waals surface area contributed by atoms with Crippen LogP contribution in [0.2, 0.25) is 0 Å². The highest BCUT2D eigenvalue weighted by molar-refractivity contribution is 7.84. The van der Waals surface area contributed by atoms with Gasteiger partial charge in [0.1, 0.15) is 12.6 Å². The number of ether oxygens (including phenoxy) is 1. The van der Waals surface area contributed by atoms with Gasteiger partial charge in [-0.15, -0.1) is 0 Å². The minimum absolute atomic E-state index is 0.0146. The molecule has 3 heterocycles. The maximum absolute atomic E-state index is 12.5. The first-order chi connectivity index (χ1) is 11.9. The molecule has 1 fully saturated rings. The van der Waals surface area contributed by atoms with Crippen molar-refractivity contribution in [1.82, 2.24) is 14.9 Å². The lowest BCUT2D eigenvalue weighted by Gasteiger charge is -2.47. The summed E-state index contributed by atoms with van der Waals surface area (Å²) in [6.07, 6.45) is -1.73. The van der Waals surface area contributed by atoms with E-state index in [1.165, 1.54) is 4.90 Å². The SMILES string of the molecule is NC1=N[C@H]2[C@H](COC(=O)NS(=O)(=O)O)[N+]([O-])=C(N)N3CCC(O)(O)C23N1. The number of aliphatic imine (C=N–C) groups is 1. The maximum atomic E-state index is 12.5. The molecule has 26 heavy (non-hydrogen) atoms. The summed E-state index contributed by atoms with van der Waals surface area (Å²) in [5, 5.41) is 35.9. The van der Waals surface area contributed by atoms with Crippen molar-refractivity contribution in [3.63, 3.8) is 0 Å². The van der Waals surface area contributed by atoms with E-state index in [2.05, 4.69) is 15.0 Å². The molecule has 1 unspecified atom stereocenters. The summed E-state index contributed by atoms with van der Waals surface area (Å²) in [5.74, 6) is -2.96. The molecule has 0 aromatic carbocycles. The number of hydrogen-bond donors (Lipinski definition) is 7. The molecule has 146 valence electrons. The Balaban J connectivity index is 1.92. The van der Waals surface area contributed by atoms with E-state index in [4.69, 9.17) is 16.0 Å². The predicted octanol–water partition coefficient (Wildman–Crippen LogP) is -4.91. The van der Waals surface area contributed by atoms with E-state index in [0.717, 1.165) is 4.72 Å². The van der Waals surface area contributed by atoms with E-state index in [0.29, 0.717) is 0 Å². The lowest BCUT2D eigenvalue weighted by atomic mass is 9.86. The number of amides is 1. The van der Waals surface area contributed by atoms with E-state index in [-0.39, 0.29) is 23.7 Å². The van der Waals surface area contributed by atoms with Gasteiger partial charge in [-0.25, -0.2) is 14.7 Å². The van der Waals surface area contributed by atoms with Gasteiger partial charge in [-0.3, -0.25) is 15.0 Å². The van der Waals surface area contributed by atoms with Gasteiger partial charge in [-0.05, 0) is 0 Å². The Morgan fingerprint density at radius 3 is 2.81 bits per heavy atom. The number of hydroxylamine groups is 1. The van der Waals surface area contributed by atoms with Crippen molar-refractivity contribution in [3.05, 3.63) is 5.21 Å². The molecule has 1 amide bonds. The molecule has 9 N–H and O–H groups in total. The number of nitrogens with one attached hydrogen (secondary N) is 2. The van der Waals surface area contributed by atoms with E-state index >= 15 is 0 Å². The van der Waals surface area contributed by atoms with Gasteiger partial charge < -0.3 is 31.2 Å². The van der Waals surface area contributed by atoms with Crippen LogP contribution in [0.1, 0.15) is 6.42 Å². The molecule has 0 aromatic heterocycles. The van der Waals surface area contributed by atoms with Crippen molar-refractivity contribution in [2.75, 3.05) is 13.2 Å². The molecular weight excluding hydrogens is 378 g/mol. The van der Waals surface area contributed by atoms with Gasteiger partial charge in [0.05, 0.1) is 6.54 Å². The Labute approximate surface area is 146 Å². The summed E-state index contributed by atoms with van der Waals surface area (Å²) in [5.41, 5.74) is 9.68. The summed E-state index contributed by atoms with van der Waals surface area (Å²) >= 11 is 0. The third-order valence-electron chi connectivity index (χ3n) is 4.51. The Morgan fingerprint density at radius 2 is 2.19 bits per heavy atom. The van der Waals surface area contributed by atoms with Crippen LogP contribution in [-0.2, 0) is 15.0 Å². The van der Waals surface area contributed by atoms with Crippen LogP contribution in [0.15, 0.2) is 4.99 Å². The topological polar surface area (TPSA) is 239 Å². The number of guanidine groups is 2. The number of carbonyl (C=O) groups excluding carboxylic acids is 1. The van der Waals surface area contributed by atoms with Crippen molar-refractivity contribution in [1.29, 1.82) is 0 Å². The zero-order chi connectivity index (χ0) is 19.5. The van der Waals surface area contributed by atoms with Crippen molar-refractivity contribution in [3.8, 4) is 0 Å². The number of nitrogens with two attached hydrogens (primary N) is 2. The predicted molar refractivity (Wildman–Crippen MR) is 82.4 cm³/mol. The third kappa shape index (κ3) is 2.54. The highest BCUT2D eigenvalue weighted by Gasteiger charge is 2.73. The number of carbonyl (C=O) groups is 1. The van der Waals surface area contributed by atoms with Gasteiger partial charge in [0.15, 0.2) is 12.0 Å². The lowest BCUT2D eigenvalue weighted by molar-refractivity contribution is -0.529. The molecule has 0 bridgehead atoms. The van der Waals surface area contributed by atoms with Crippen LogP contribution >= 0.6 is 0 Å². The van der Waals surface area contributed by atoms with Crippen LogP contribution in [0.5, 0.6) is 0 Å². The van der Waals surface area contributed by atoms with Gasteiger partial charge in [0.25, 0.3) is 0 Å². The molecule has 3 aliphatic heterocycles. The fourth-order valence-corrected chi connectivity index (χ4v) is 3.76. The molecule has 0 radical (unpaired) electrons. The summed E-state index contributed by atoms with van der Waals surface area (Å²) in [6.45, 7) is -0.721. The second-order valence-electron chi connectivity index (χ2n) is 6.00. The number of rotatable bonds is 3. The second kappa shape index (κ2) is 5.47. The minimum Gasteiger partial charge on any atom is -0.744 e. The molecule has 3 atom stereocenters. The number of hydrogen-bond acceptors (Lipinski definition) is 12. The quantitative estimate of drug-likeness (QED) is 0.103. The van der Waals surface area contributed by atoms with Crippen molar-refractivity contribution >= 4 is 28.3 Å². The minimum atomic E-state index is -4.86. The first-order valence-corrected chi connectivity index (χ1v) is 8.68. The van der Waals surface area contributed by atoms with E-state index in [1.807, 2.05) is 0 Å². The average Bonchev–Trinajstić information content (AvgIpc) is 2.96. The normalized spacial score (nSPS) is 32.4. The Kier molecular flexibility index (Phi) is 3.83. The molecule has 15 nitrogen and oxygen atoms in total. The van der Waals surface area contributed by atoms with Crippen LogP contribution in [0.4, 0.5) is 4.79 Å². The Morgan fingerprint density at radius 1 is 1.54 bits per heavy atom. The fraction of sp³-hybridized carbons (Fsp3) is 0.700. The van der Waals surface area contributed by atoms with Crippen LogP contribution in [0.3, 0.4) is 0 Å². The average molecular weight is 395 g/mol. The molecule has 0 aliphatic carbocycles. The van der Waals surface area contributed by atoms with Crippen LogP contribution < -0.4 is 21.5 Å². The zero-order valence-electron chi connectivity index (χ0n) is 13.1. The van der Waals surface area contributed by atoms with Crippen molar-refractivity contribution < 1.29 is 37.5 Å². The van der Waals surface area contributed by atoms with Crippen LogP contribution in [0.25, 0.3) is 0 Å². The molecule has 16 heteroatoms. The van der Waals surface area contributed by atoms with Gasteiger partial charge in [0.2, 0.25) is 11.4 Å². The largest absolute Gasteiger partial charge is 0.744 e. The van der Waals surface area contributed by atoms with E-state index in [9.17, 15) is 28.6 Å². The smallest absolute Gasteiger partial charge is 0.422 e. The Bertz CT molecular complexity index is 810. The van der Waals surface area contributed by atoms with Gasteiger partial charge >= 0.3 is 22.4 Å². The first kappa shape index (κ1) is 18.2. The summed E-state index contributed by atoms with van der Waals surface area (Å²) in [4.78, 5) is 16.6. The van der Waals surface area contributed by atoms with E-state index in [1.54, 1.807) is 0 Å². The van der Waals surface area contributed by atoms with E-state index < -0.39 is 52.5 Å². The molecule has 3 rings (SSSR count). The summed E-state index contributed by atoms with van der Waals surface area (Å²) < 4.78 is 35.7. The first-order valence-electron chi connectivity index (χ1n) is 7.23. The third-order valence-corrected chi connectivity index (χ3v) is 4.94. The Hall–Kier alpha value is -2.56. The fourth-order valence-electron chi connectivity index (χ4n) is 3.49. The highest BCUT2D eigenvalue weighted by atomic mass is 32.2. The summed E-state index contributed by atoms with van der Waals surface area (Å²) in [7, 11) is -4.86. The lowest BCUT2D eigenvalue weighted by Crippen LogP contribution is -2.79. The highest BCUT2D eigenvalue weighted by Crippen LogP contribution is 2.44. The zero-order valence-corrected chi connectivity index (χ0v) is 13.9. The van der Waals surface area contributed by atoms with Gasteiger partial charge in [-0.2, -0.15) is 13.1 Å². The van der Waals surface area contributed by atoms with Crippen LogP contribution in [0, 0.1) is 5.21 Å². The molecule has 1 spiro atoms. The number of nitrogens with zero attached hydrogens (tertiary/aromatic N) is 3. The van der Waals surface area contributed by atoms with Gasteiger partial charge in [-0.1, -0.05) is 0 Å². The van der Waals surface area contributed by atoms with Crippen molar-refractivity contribution in [2.24, 2.45) is 16.5 Å². The maximum Gasteiger partial charge on any atom is 0.422 e. The second-order valence-corrected chi connectivity index (χ2v) is 7.15. The van der Waals surface area contributed by atoms with Crippen LogP contribution in [-0.4, -0.2) is 87.5 Å². The molecule has 0 aromatic rings. The number of aliphatic hydroxyl groups is 2. The molecule has 1 saturated heterocycles. The molecule has 3 aliphatic rings. The molecule has 0 saturated carbocycles. The van der Waals surface area contributed by atoms with Gasteiger partial charge in [0, 0.05) is 6.42 Å².